The molecule has 0 spiro atoms. The van der Waals surface area contributed by atoms with E-state index < -0.39 is 6.10 Å². The number of fused-ring (bicyclic) bond motifs is 1. The molecule has 176 valence electrons. The lowest BCUT2D eigenvalue weighted by atomic mass is 10.2. The van der Waals surface area contributed by atoms with Crippen LogP contribution in [0.5, 0.6) is 0 Å². The molecule has 0 amide bonds. The molecular weight excluding hydrogens is 420 g/mol. The van der Waals surface area contributed by atoms with Crippen LogP contribution in [0, 0.1) is 0 Å². The summed E-state index contributed by atoms with van der Waals surface area (Å²) in [5.41, 5.74) is 2.42. The fourth-order valence-corrected chi connectivity index (χ4v) is 3.90. The van der Waals surface area contributed by atoms with Gasteiger partial charge >= 0.3 is 0 Å². The predicted octanol–water partition coefficient (Wildman–Crippen LogP) is 1.76. The van der Waals surface area contributed by atoms with Crippen molar-refractivity contribution in [1.82, 2.24) is 29.7 Å². The van der Waals surface area contributed by atoms with Crippen molar-refractivity contribution in [3.05, 3.63) is 41.9 Å². The van der Waals surface area contributed by atoms with E-state index in [1.54, 1.807) is 19.2 Å². The molecule has 0 bridgehead atoms. The highest BCUT2D eigenvalue weighted by atomic mass is 16.3. The fourth-order valence-electron chi connectivity index (χ4n) is 3.90. The molecule has 4 N–H and O–H groups in total. The summed E-state index contributed by atoms with van der Waals surface area (Å²) in [4.78, 5) is 22.8. The van der Waals surface area contributed by atoms with Gasteiger partial charge in [-0.3, -0.25) is 9.80 Å². The van der Waals surface area contributed by atoms with Gasteiger partial charge in [-0.2, -0.15) is 0 Å². The van der Waals surface area contributed by atoms with E-state index in [2.05, 4.69) is 46.4 Å². The average Bonchev–Trinajstić information content (AvgIpc) is 2.82. The summed E-state index contributed by atoms with van der Waals surface area (Å²) in [6, 6.07) is 5.81. The number of anilines is 3. The summed E-state index contributed by atoms with van der Waals surface area (Å²) in [6.45, 7) is 10.1. The molecule has 1 atom stereocenters. The second-order valence-corrected chi connectivity index (χ2v) is 8.25. The lowest BCUT2D eigenvalue weighted by molar-refractivity contribution is 0.108. The fraction of sp³-hybridized carbons (Fsp3) is 0.478. The molecule has 33 heavy (non-hydrogen) atoms. The van der Waals surface area contributed by atoms with Crippen LogP contribution in [0.1, 0.15) is 31.2 Å². The van der Waals surface area contributed by atoms with E-state index in [4.69, 9.17) is 5.11 Å². The molecule has 1 fully saturated rings. The van der Waals surface area contributed by atoms with Gasteiger partial charge in [-0.1, -0.05) is 6.07 Å². The zero-order valence-electron chi connectivity index (χ0n) is 19.2. The van der Waals surface area contributed by atoms with E-state index in [0.29, 0.717) is 35.3 Å². The molecule has 4 heterocycles. The van der Waals surface area contributed by atoms with Gasteiger partial charge in [0, 0.05) is 63.6 Å². The van der Waals surface area contributed by atoms with Gasteiger partial charge in [-0.25, -0.2) is 19.9 Å². The molecule has 3 aromatic heterocycles. The zero-order chi connectivity index (χ0) is 23.2. The number of aliphatic hydroxyl groups is 2. The quantitative estimate of drug-likeness (QED) is 0.382. The summed E-state index contributed by atoms with van der Waals surface area (Å²) in [5.74, 6) is 1.73. The molecule has 1 aliphatic heterocycles. The zero-order valence-corrected chi connectivity index (χ0v) is 19.2. The Morgan fingerprint density at radius 3 is 2.52 bits per heavy atom. The lowest BCUT2D eigenvalue weighted by Crippen LogP contribution is -2.46. The summed E-state index contributed by atoms with van der Waals surface area (Å²) < 4.78 is 0. The van der Waals surface area contributed by atoms with Crippen molar-refractivity contribution < 1.29 is 10.2 Å². The number of β-amino-alcohol motifs (C(OH)–C–C–N with tert-alkyl or cyclic N) is 1. The highest BCUT2D eigenvalue weighted by Gasteiger charge is 2.16. The number of pyridine rings is 2. The van der Waals surface area contributed by atoms with Crippen LogP contribution in [0.25, 0.3) is 10.9 Å². The van der Waals surface area contributed by atoms with Crippen molar-refractivity contribution in [2.45, 2.75) is 26.5 Å². The SMILES string of the molecule is CCNc1nc([C@@H](C)O)cc2cnc(Nc3ccc(CN4CCN(CCO)CC4)cn3)nc12. The maximum atomic E-state index is 9.92. The van der Waals surface area contributed by atoms with Gasteiger partial charge < -0.3 is 20.8 Å². The van der Waals surface area contributed by atoms with Gasteiger partial charge in [0.05, 0.1) is 18.4 Å². The molecule has 10 heteroatoms. The molecule has 3 aromatic rings. The third-order valence-electron chi connectivity index (χ3n) is 5.71. The third-order valence-corrected chi connectivity index (χ3v) is 5.71. The summed E-state index contributed by atoms with van der Waals surface area (Å²) in [6.07, 6.45) is 2.94. The topological polar surface area (TPSA) is 123 Å². The van der Waals surface area contributed by atoms with E-state index in [-0.39, 0.29) is 6.61 Å². The molecule has 0 unspecified atom stereocenters. The molecule has 1 saturated heterocycles. The van der Waals surface area contributed by atoms with Crippen LogP contribution < -0.4 is 10.6 Å². The molecule has 1 aliphatic rings. The number of aromatic nitrogens is 4. The maximum absolute atomic E-state index is 9.92. The monoisotopic (exact) mass is 452 g/mol. The Morgan fingerprint density at radius 2 is 1.85 bits per heavy atom. The van der Waals surface area contributed by atoms with Gasteiger partial charge in [0.1, 0.15) is 11.3 Å². The predicted molar refractivity (Wildman–Crippen MR) is 128 cm³/mol. The second-order valence-electron chi connectivity index (χ2n) is 8.25. The number of rotatable bonds is 9. The van der Waals surface area contributed by atoms with Crippen molar-refractivity contribution in [2.75, 3.05) is 56.5 Å². The molecule has 0 radical (unpaired) electrons. The average molecular weight is 453 g/mol. The first kappa shape index (κ1) is 23.2. The van der Waals surface area contributed by atoms with Crippen molar-refractivity contribution in [3.8, 4) is 0 Å². The molecular formula is C23H32N8O2. The molecule has 10 nitrogen and oxygen atoms in total. The van der Waals surface area contributed by atoms with Crippen LogP contribution >= 0.6 is 0 Å². The Morgan fingerprint density at radius 1 is 1.06 bits per heavy atom. The van der Waals surface area contributed by atoms with Gasteiger partial charge in [0.25, 0.3) is 0 Å². The van der Waals surface area contributed by atoms with E-state index in [1.165, 1.54) is 0 Å². The first-order valence-electron chi connectivity index (χ1n) is 11.4. The van der Waals surface area contributed by atoms with Crippen LogP contribution in [0.4, 0.5) is 17.6 Å². The molecule has 0 aliphatic carbocycles. The van der Waals surface area contributed by atoms with Gasteiger partial charge in [-0.15, -0.1) is 0 Å². The Bertz CT molecular complexity index is 1050. The van der Waals surface area contributed by atoms with E-state index in [9.17, 15) is 5.11 Å². The highest BCUT2D eigenvalue weighted by Crippen LogP contribution is 2.25. The standard InChI is InChI=1S/C23H32N8O2/c1-3-24-22-21-18(12-19(27-22)16(2)33)14-26-23(29-21)28-20-5-4-17(13-25-20)15-31-8-6-30(7-9-31)10-11-32/h4-5,12-14,16,32-33H,3,6-11,15H2,1-2H3,(H,24,27)(H,25,26,28,29)/t16-/m1/s1. The van der Waals surface area contributed by atoms with E-state index in [0.717, 1.165) is 50.2 Å². The first-order chi connectivity index (χ1) is 16.1. The summed E-state index contributed by atoms with van der Waals surface area (Å²) in [5, 5.41) is 26.2. The number of piperazine rings is 1. The minimum Gasteiger partial charge on any atom is -0.395 e. The van der Waals surface area contributed by atoms with Crippen LogP contribution in [0.2, 0.25) is 0 Å². The number of aliphatic hydroxyl groups excluding tert-OH is 2. The smallest absolute Gasteiger partial charge is 0.229 e. The van der Waals surface area contributed by atoms with Crippen LogP contribution in [-0.4, -0.2) is 85.8 Å². The van der Waals surface area contributed by atoms with E-state index in [1.807, 2.05) is 19.2 Å². The van der Waals surface area contributed by atoms with Gasteiger partial charge in [0.2, 0.25) is 5.95 Å². The molecule has 0 aromatic carbocycles. The summed E-state index contributed by atoms with van der Waals surface area (Å²) in [7, 11) is 0. The minimum absolute atomic E-state index is 0.217. The van der Waals surface area contributed by atoms with Gasteiger partial charge in [-0.05, 0) is 31.5 Å². The van der Waals surface area contributed by atoms with Crippen molar-refractivity contribution in [3.63, 3.8) is 0 Å². The van der Waals surface area contributed by atoms with Crippen molar-refractivity contribution in [2.24, 2.45) is 0 Å². The van der Waals surface area contributed by atoms with Gasteiger partial charge in [0.15, 0.2) is 5.82 Å². The Labute approximate surface area is 193 Å². The Balaban J connectivity index is 1.43. The number of hydrogen-bond acceptors (Lipinski definition) is 10. The number of nitrogens with zero attached hydrogens (tertiary/aromatic N) is 6. The normalized spacial score (nSPS) is 16.1. The van der Waals surface area contributed by atoms with E-state index >= 15 is 0 Å². The van der Waals surface area contributed by atoms with Crippen LogP contribution in [0.3, 0.4) is 0 Å². The first-order valence-corrected chi connectivity index (χ1v) is 11.4. The van der Waals surface area contributed by atoms with Crippen molar-refractivity contribution in [1.29, 1.82) is 0 Å². The lowest BCUT2D eigenvalue weighted by Gasteiger charge is -2.34. The Kier molecular flexibility index (Phi) is 7.61. The minimum atomic E-state index is -0.670. The van der Waals surface area contributed by atoms with Crippen molar-refractivity contribution >= 4 is 28.5 Å². The molecule has 0 saturated carbocycles. The number of hydrogen-bond donors (Lipinski definition) is 4. The van der Waals surface area contributed by atoms with Crippen LogP contribution in [-0.2, 0) is 6.54 Å². The molecule has 4 rings (SSSR count). The third kappa shape index (κ3) is 5.91. The number of nitrogens with one attached hydrogen (secondary N) is 2. The summed E-state index contributed by atoms with van der Waals surface area (Å²) >= 11 is 0. The Hall–Kier alpha value is -2.92. The van der Waals surface area contributed by atoms with Crippen LogP contribution in [0.15, 0.2) is 30.6 Å². The second kappa shape index (κ2) is 10.8. The maximum Gasteiger partial charge on any atom is 0.229 e. The highest BCUT2D eigenvalue weighted by molar-refractivity contribution is 5.89. The largest absolute Gasteiger partial charge is 0.395 e.